The Kier molecular flexibility index (Phi) is 5.39. The predicted molar refractivity (Wildman–Crippen MR) is 109 cm³/mol. The number of carbonyl (C=O) groups excluding carboxylic acids is 1. The number of aromatic nitrogens is 1. The highest BCUT2D eigenvalue weighted by Crippen LogP contribution is 2.31. The maximum absolute atomic E-state index is 14.4. The van der Waals surface area contributed by atoms with Gasteiger partial charge in [-0.15, -0.1) is 0 Å². The van der Waals surface area contributed by atoms with Gasteiger partial charge in [0.15, 0.2) is 0 Å². The van der Waals surface area contributed by atoms with E-state index in [9.17, 15) is 13.6 Å². The van der Waals surface area contributed by atoms with Crippen LogP contribution in [0.15, 0.2) is 42.6 Å². The maximum atomic E-state index is 14.4. The second-order valence-electron chi connectivity index (χ2n) is 6.93. The molecule has 30 heavy (non-hydrogen) atoms. The number of benzene rings is 2. The number of ether oxygens (including phenoxy) is 2. The van der Waals surface area contributed by atoms with E-state index >= 15 is 0 Å². The first-order chi connectivity index (χ1) is 14.5. The van der Waals surface area contributed by atoms with E-state index in [-0.39, 0.29) is 16.8 Å². The van der Waals surface area contributed by atoms with Gasteiger partial charge in [-0.1, -0.05) is 0 Å². The maximum Gasteiger partial charge on any atom is 0.257 e. The van der Waals surface area contributed by atoms with Gasteiger partial charge in [0.2, 0.25) is 0 Å². The third-order valence-corrected chi connectivity index (χ3v) is 5.32. The quantitative estimate of drug-likeness (QED) is 0.656. The molecule has 1 aliphatic rings. The number of piperazine rings is 1. The molecular weight excluding hydrogens is 392 g/mol. The van der Waals surface area contributed by atoms with Gasteiger partial charge in [-0.25, -0.2) is 8.78 Å². The van der Waals surface area contributed by atoms with Crippen LogP contribution in [-0.2, 0) is 0 Å². The lowest BCUT2D eigenvalue weighted by Crippen LogP contribution is -2.49. The van der Waals surface area contributed by atoms with Crippen LogP contribution in [0.3, 0.4) is 0 Å². The van der Waals surface area contributed by atoms with Crippen molar-refractivity contribution in [1.82, 2.24) is 9.88 Å². The second-order valence-corrected chi connectivity index (χ2v) is 6.93. The molecule has 4 rings (SSSR count). The summed E-state index contributed by atoms with van der Waals surface area (Å²) >= 11 is 0. The lowest BCUT2D eigenvalue weighted by molar-refractivity contribution is 0.0743. The van der Waals surface area contributed by atoms with Crippen molar-refractivity contribution >= 4 is 22.5 Å². The highest BCUT2D eigenvalue weighted by molar-refractivity contribution is 5.97. The van der Waals surface area contributed by atoms with Gasteiger partial charge in [0.25, 0.3) is 5.91 Å². The Balaban J connectivity index is 1.55. The van der Waals surface area contributed by atoms with Crippen molar-refractivity contribution in [3.05, 3.63) is 59.8 Å². The fourth-order valence-corrected chi connectivity index (χ4v) is 3.74. The Hall–Kier alpha value is -3.42. The Morgan fingerprint density at radius 2 is 1.70 bits per heavy atom. The lowest BCUT2D eigenvalue weighted by atomic mass is 10.1. The van der Waals surface area contributed by atoms with E-state index < -0.39 is 11.6 Å². The molecule has 0 unspecified atom stereocenters. The number of hydrogen-bond acceptors (Lipinski definition) is 5. The molecule has 0 radical (unpaired) electrons. The molecule has 1 fully saturated rings. The minimum atomic E-state index is -0.561. The molecule has 3 aromatic rings. The fourth-order valence-electron chi connectivity index (χ4n) is 3.74. The standard InChI is InChI=1S/C22H21F2N3O3/c1-29-14-3-4-15(19(13-14)30-2)22(28)27-11-9-26(10-12-27)18-7-8-25-21-17(24)6-5-16(23)20(18)21/h3-8,13H,9-12H2,1-2H3. The summed E-state index contributed by atoms with van der Waals surface area (Å²) in [5, 5.41) is 0.161. The van der Waals surface area contributed by atoms with Gasteiger partial charge >= 0.3 is 0 Å². The Bertz CT molecular complexity index is 1100. The number of amides is 1. The van der Waals surface area contributed by atoms with Crippen LogP contribution in [0.25, 0.3) is 10.9 Å². The number of anilines is 1. The molecule has 8 heteroatoms. The molecule has 1 saturated heterocycles. The molecule has 1 aromatic heterocycles. The number of rotatable bonds is 4. The summed E-state index contributed by atoms with van der Waals surface area (Å²) in [7, 11) is 3.05. The van der Waals surface area contributed by atoms with Gasteiger partial charge < -0.3 is 19.3 Å². The first-order valence-electron chi connectivity index (χ1n) is 9.52. The average Bonchev–Trinajstić information content (AvgIpc) is 2.80. The number of halogens is 2. The monoisotopic (exact) mass is 413 g/mol. The SMILES string of the molecule is COc1ccc(C(=O)N2CCN(c3ccnc4c(F)ccc(F)c34)CC2)c(OC)c1. The van der Waals surface area contributed by atoms with Crippen LogP contribution < -0.4 is 14.4 Å². The Labute approximate surface area is 172 Å². The number of methoxy groups -OCH3 is 2. The summed E-state index contributed by atoms with van der Waals surface area (Å²) in [4.78, 5) is 20.7. The van der Waals surface area contributed by atoms with Crippen molar-refractivity contribution in [3.63, 3.8) is 0 Å². The van der Waals surface area contributed by atoms with Crippen LogP contribution in [0.5, 0.6) is 11.5 Å². The third kappa shape index (κ3) is 3.49. The van der Waals surface area contributed by atoms with Crippen molar-refractivity contribution in [2.75, 3.05) is 45.3 Å². The van der Waals surface area contributed by atoms with Gasteiger partial charge in [-0.3, -0.25) is 9.78 Å². The number of nitrogens with zero attached hydrogens (tertiary/aromatic N) is 3. The predicted octanol–water partition coefficient (Wildman–Crippen LogP) is 3.49. The molecule has 6 nitrogen and oxygen atoms in total. The smallest absolute Gasteiger partial charge is 0.257 e. The van der Waals surface area contributed by atoms with E-state index in [0.29, 0.717) is 48.9 Å². The first-order valence-corrected chi connectivity index (χ1v) is 9.52. The molecule has 0 saturated carbocycles. The summed E-state index contributed by atoms with van der Waals surface area (Å²) in [6.07, 6.45) is 1.47. The molecule has 1 aliphatic heterocycles. The van der Waals surface area contributed by atoms with Crippen LogP contribution in [0.4, 0.5) is 14.5 Å². The topological polar surface area (TPSA) is 54.9 Å². The number of hydrogen-bond donors (Lipinski definition) is 0. The van der Waals surface area contributed by atoms with Crippen molar-refractivity contribution in [1.29, 1.82) is 0 Å². The summed E-state index contributed by atoms with van der Waals surface area (Å²) in [6.45, 7) is 1.85. The Morgan fingerprint density at radius 3 is 2.40 bits per heavy atom. The lowest BCUT2D eigenvalue weighted by Gasteiger charge is -2.36. The average molecular weight is 413 g/mol. The van der Waals surface area contributed by atoms with Gasteiger partial charge in [-0.05, 0) is 30.3 Å². The third-order valence-electron chi connectivity index (χ3n) is 5.32. The van der Waals surface area contributed by atoms with Gasteiger partial charge in [0.05, 0.1) is 30.9 Å². The molecule has 0 bridgehead atoms. The molecule has 156 valence electrons. The molecule has 2 aromatic carbocycles. The zero-order valence-corrected chi connectivity index (χ0v) is 16.7. The molecular formula is C22H21F2N3O3. The van der Waals surface area contributed by atoms with Crippen molar-refractivity contribution in [2.45, 2.75) is 0 Å². The molecule has 2 heterocycles. The van der Waals surface area contributed by atoms with E-state index in [1.54, 1.807) is 36.3 Å². The molecule has 0 aliphatic carbocycles. The van der Waals surface area contributed by atoms with E-state index in [2.05, 4.69) is 4.98 Å². The van der Waals surface area contributed by atoms with Crippen LogP contribution in [0, 0.1) is 11.6 Å². The minimum absolute atomic E-state index is 0.00831. The van der Waals surface area contributed by atoms with Crippen LogP contribution in [0.2, 0.25) is 0 Å². The number of fused-ring (bicyclic) bond motifs is 1. The van der Waals surface area contributed by atoms with Crippen LogP contribution >= 0.6 is 0 Å². The zero-order valence-electron chi connectivity index (χ0n) is 16.7. The van der Waals surface area contributed by atoms with E-state index in [0.717, 1.165) is 12.1 Å². The van der Waals surface area contributed by atoms with Crippen molar-refractivity contribution in [3.8, 4) is 11.5 Å². The van der Waals surface area contributed by atoms with E-state index in [1.807, 2.05) is 4.90 Å². The number of carbonyl (C=O) groups is 1. The zero-order chi connectivity index (χ0) is 21.3. The normalized spacial score (nSPS) is 14.1. The summed E-state index contributed by atoms with van der Waals surface area (Å²) in [5.41, 5.74) is 1.04. The van der Waals surface area contributed by atoms with Gasteiger partial charge in [0.1, 0.15) is 28.7 Å². The second kappa shape index (κ2) is 8.14. The molecule has 0 spiro atoms. The van der Waals surface area contributed by atoms with Crippen LogP contribution in [-0.4, -0.2) is 56.2 Å². The number of pyridine rings is 1. The fraction of sp³-hybridized carbons (Fsp3) is 0.273. The minimum Gasteiger partial charge on any atom is -0.497 e. The summed E-state index contributed by atoms with van der Waals surface area (Å²) < 4.78 is 39.0. The van der Waals surface area contributed by atoms with E-state index in [1.165, 1.54) is 13.3 Å². The molecule has 1 amide bonds. The largest absolute Gasteiger partial charge is 0.497 e. The van der Waals surface area contributed by atoms with Crippen molar-refractivity contribution < 1.29 is 23.0 Å². The van der Waals surface area contributed by atoms with Gasteiger partial charge in [-0.2, -0.15) is 0 Å². The highest BCUT2D eigenvalue weighted by atomic mass is 19.1. The molecule has 0 atom stereocenters. The van der Waals surface area contributed by atoms with Crippen molar-refractivity contribution in [2.24, 2.45) is 0 Å². The van der Waals surface area contributed by atoms with Gasteiger partial charge in [0, 0.05) is 38.4 Å². The highest BCUT2D eigenvalue weighted by Gasteiger charge is 2.26. The van der Waals surface area contributed by atoms with Crippen LogP contribution in [0.1, 0.15) is 10.4 Å². The Morgan fingerprint density at radius 1 is 0.967 bits per heavy atom. The van der Waals surface area contributed by atoms with E-state index in [4.69, 9.17) is 9.47 Å². The summed E-state index contributed by atoms with van der Waals surface area (Å²) in [5.74, 6) is -0.179. The first kappa shape index (κ1) is 19.9. The summed E-state index contributed by atoms with van der Waals surface area (Å²) in [6, 6.07) is 8.93. The molecule has 0 N–H and O–H groups in total.